The van der Waals surface area contributed by atoms with E-state index in [-0.39, 0.29) is 36.2 Å². The van der Waals surface area contributed by atoms with Crippen molar-refractivity contribution in [2.75, 3.05) is 13.1 Å². The van der Waals surface area contributed by atoms with Crippen LogP contribution in [0.5, 0.6) is 0 Å². The molecule has 3 rings (SSSR count). The number of sulfonamides is 1. The van der Waals surface area contributed by atoms with Gasteiger partial charge in [0.25, 0.3) is 0 Å². The summed E-state index contributed by atoms with van der Waals surface area (Å²) in [6.45, 7) is 0.267. The third-order valence-electron chi connectivity index (χ3n) is 5.31. The number of rotatable bonds is 4. The van der Waals surface area contributed by atoms with Crippen LogP contribution in [0.2, 0.25) is 5.02 Å². The summed E-state index contributed by atoms with van der Waals surface area (Å²) >= 11 is 5.83. The number of carbonyl (C=O) groups excluding carboxylic acids is 1. The lowest BCUT2D eigenvalue weighted by molar-refractivity contribution is -0.127. The van der Waals surface area contributed by atoms with Gasteiger partial charge in [0.15, 0.2) is 0 Å². The monoisotopic (exact) mass is 418 g/mol. The predicted molar refractivity (Wildman–Crippen MR) is 99.3 cm³/mol. The lowest BCUT2D eigenvalue weighted by Gasteiger charge is -2.33. The highest BCUT2D eigenvalue weighted by molar-refractivity contribution is 7.89. The largest absolute Gasteiger partial charge is 0.393 e. The Balaban J connectivity index is 1.68. The summed E-state index contributed by atoms with van der Waals surface area (Å²) in [5.74, 6) is -1.50. The van der Waals surface area contributed by atoms with E-state index in [0.29, 0.717) is 25.7 Å². The van der Waals surface area contributed by atoms with Crippen molar-refractivity contribution in [1.29, 1.82) is 0 Å². The maximum Gasteiger partial charge on any atom is 0.246 e. The molecule has 1 heterocycles. The molecule has 2 fully saturated rings. The van der Waals surface area contributed by atoms with Gasteiger partial charge in [0.05, 0.1) is 12.0 Å². The minimum absolute atomic E-state index is 0.0123. The number of hydrogen-bond acceptors (Lipinski definition) is 4. The zero-order valence-corrected chi connectivity index (χ0v) is 16.5. The second-order valence-electron chi connectivity index (χ2n) is 7.29. The molecule has 0 radical (unpaired) electrons. The molecule has 0 spiro atoms. The number of benzene rings is 1. The Morgan fingerprint density at radius 3 is 2.63 bits per heavy atom. The van der Waals surface area contributed by atoms with Crippen LogP contribution in [0.3, 0.4) is 0 Å². The van der Waals surface area contributed by atoms with E-state index in [1.54, 1.807) is 0 Å². The number of nitrogens with zero attached hydrogens (tertiary/aromatic N) is 1. The summed E-state index contributed by atoms with van der Waals surface area (Å²) in [4.78, 5) is 12.1. The fourth-order valence-corrected chi connectivity index (χ4v) is 5.58. The first-order chi connectivity index (χ1) is 12.8. The van der Waals surface area contributed by atoms with Crippen molar-refractivity contribution in [2.45, 2.75) is 55.6 Å². The first kappa shape index (κ1) is 20.5. The van der Waals surface area contributed by atoms with Crippen molar-refractivity contribution in [3.63, 3.8) is 0 Å². The molecule has 1 aromatic carbocycles. The number of aliphatic hydroxyl groups excluding tert-OH is 1. The predicted octanol–water partition coefficient (Wildman–Crippen LogP) is 2.30. The van der Waals surface area contributed by atoms with E-state index in [0.717, 1.165) is 25.0 Å². The summed E-state index contributed by atoms with van der Waals surface area (Å²) in [5.41, 5.74) is 0. The number of piperidine rings is 1. The second-order valence-corrected chi connectivity index (χ2v) is 9.63. The molecule has 6 nitrogen and oxygen atoms in total. The van der Waals surface area contributed by atoms with Crippen molar-refractivity contribution in [3.05, 3.63) is 29.0 Å². The molecule has 1 aliphatic carbocycles. The Kier molecular flexibility index (Phi) is 6.40. The van der Waals surface area contributed by atoms with Crippen LogP contribution < -0.4 is 5.32 Å². The zero-order chi connectivity index (χ0) is 19.6. The van der Waals surface area contributed by atoms with Gasteiger partial charge in [-0.05, 0) is 56.7 Å². The number of aliphatic hydroxyl groups is 1. The Bertz CT molecular complexity index is 797. The molecule has 0 bridgehead atoms. The van der Waals surface area contributed by atoms with Gasteiger partial charge in [-0.25, -0.2) is 12.8 Å². The van der Waals surface area contributed by atoms with Gasteiger partial charge in [-0.2, -0.15) is 4.31 Å². The maximum atomic E-state index is 14.1. The molecule has 1 atom stereocenters. The van der Waals surface area contributed by atoms with E-state index in [1.165, 1.54) is 10.4 Å². The molecule has 150 valence electrons. The first-order valence-electron chi connectivity index (χ1n) is 9.21. The molecule has 27 heavy (non-hydrogen) atoms. The van der Waals surface area contributed by atoms with E-state index in [1.807, 2.05) is 0 Å². The van der Waals surface area contributed by atoms with E-state index in [4.69, 9.17) is 11.6 Å². The molecular formula is C18H24ClFN2O4S. The molecule has 2 aliphatic rings. The summed E-state index contributed by atoms with van der Waals surface area (Å²) in [7, 11) is -4.06. The van der Waals surface area contributed by atoms with Gasteiger partial charge in [-0.1, -0.05) is 11.6 Å². The van der Waals surface area contributed by atoms with E-state index >= 15 is 0 Å². The topological polar surface area (TPSA) is 86.7 Å². The van der Waals surface area contributed by atoms with Gasteiger partial charge in [0, 0.05) is 24.2 Å². The summed E-state index contributed by atoms with van der Waals surface area (Å²) in [6, 6.07) is 3.44. The summed E-state index contributed by atoms with van der Waals surface area (Å²) in [5, 5.41) is 12.7. The third kappa shape index (κ3) is 4.80. The zero-order valence-electron chi connectivity index (χ0n) is 14.9. The Morgan fingerprint density at radius 1 is 1.22 bits per heavy atom. The van der Waals surface area contributed by atoms with Crippen LogP contribution in [0.15, 0.2) is 23.1 Å². The van der Waals surface area contributed by atoms with Gasteiger partial charge >= 0.3 is 0 Å². The van der Waals surface area contributed by atoms with Gasteiger partial charge in [-0.15, -0.1) is 0 Å². The molecule has 2 N–H and O–H groups in total. The highest BCUT2D eigenvalue weighted by Gasteiger charge is 2.35. The van der Waals surface area contributed by atoms with Crippen molar-refractivity contribution >= 4 is 27.5 Å². The van der Waals surface area contributed by atoms with Gasteiger partial charge < -0.3 is 10.4 Å². The number of nitrogens with one attached hydrogen (secondary N) is 1. The Hall–Kier alpha value is -1.22. The highest BCUT2D eigenvalue weighted by atomic mass is 35.5. The van der Waals surface area contributed by atoms with Crippen LogP contribution in [0, 0.1) is 11.7 Å². The molecule has 1 saturated heterocycles. The molecule has 9 heteroatoms. The lowest BCUT2D eigenvalue weighted by Crippen LogP contribution is -2.48. The van der Waals surface area contributed by atoms with Crippen LogP contribution in [0.4, 0.5) is 4.39 Å². The normalized spacial score (nSPS) is 27.3. The number of halogens is 2. The molecular weight excluding hydrogens is 395 g/mol. The number of carbonyl (C=O) groups is 1. The van der Waals surface area contributed by atoms with Crippen molar-refractivity contribution in [1.82, 2.24) is 9.62 Å². The second kappa shape index (κ2) is 8.43. The fourth-order valence-electron chi connectivity index (χ4n) is 3.73. The standard InChI is InChI=1S/C18H24ClFN2O4S/c19-13-3-8-16(20)17(10-13)27(25,26)22-9-1-2-12(11-22)18(24)21-14-4-6-15(23)7-5-14/h3,8,10,12,14-15,23H,1-2,4-7,9,11H2,(H,21,24)/t12-,14?,15?/m0/s1. The van der Waals surface area contributed by atoms with Crippen LogP contribution in [0.25, 0.3) is 0 Å². The number of amides is 1. The first-order valence-corrected chi connectivity index (χ1v) is 11.0. The van der Waals surface area contributed by atoms with E-state index in [2.05, 4.69) is 5.32 Å². The highest BCUT2D eigenvalue weighted by Crippen LogP contribution is 2.28. The SMILES string of the molecule is O=C(NC1CCC(O)CC1)[C@H]1CCCN(S(=O)(=O)c2cc(Cl)ccc2F)C1. The molecule has 0 aromatic heterocycles. The van der Waals surface area contributed by atoms with Gasteiger partial charge in [0.2, 0.25) is 15.9 Å². The summed E-state index contributed by atoms with van der Waals surface area (Å²) in [6.07, 6.45) is 3.56. The van der Waals surface area contributed by atoms with E-state index in [9.17, 15) is 22.7 Å². The van der Waals surface area contributed by atoms with E-state index < -0.39 is 26.7 Å². The van der Waals surface area contributed by atoms with Crippen LogP contribution in [-0.4, -0.2) is 49.0 Å². The van der Waals surface area contributed by atoms with Gasteiger partial charge in [-0.3, -0.25) is 4.79 Å². The maximum absolute atomic E-state index is 14.1. The van der Waals surface area contributed by atoms with Crippen LogP contribution in [-0.2, 0) is 14.8 Å². The Morgan fingerprint density at radius 2 is 1.93 bits per heavy atom. The molecule has 1 aromatic rings. The smallest absolute Gasteiger partial charge is 0.246 e. The number of hydrogen-bond donors (Lipinski definition) is 2. The molecule has 1 amide bonds. The third-order valence-corrected chi connectivity index (χ3v) is 7.42. The van der Waals surface area contributed by atoms with Crippen molar-refractivity contribution in [2.24, 2.45) is 5.92 Å². The molecule has 1 saturated carbocycles. The minimum atomic E-state index is -4.06. The average molecular weight is 419 g/mol. The lowest BCUT2D eigenvalue weighted by atomic mass is 9.92. The van der Waals surface area contributed by atoms with Crippen molar-refractivity contribution < 1.29 is 22.7 Å². The van der Waals surface area contributed by atoms with Crippen LogP contribution in [0.1, 0.15) is 38.5 Å². The Labute approximate surface area is 163 Å². The minimum Gasteiger partial charge on any atom is -0.393 e. The van der Waals surface area contributed by atoms with Crippen LogP contribution >= 0.6 is 11.6 Å². The fraction of sp³-hybridized carbons (Fsp3) is 0.611. The van der Waals surface area contributed by atoms with Gasteiger partial charge in [0.1, 0.15) is 10.7 Å². The average Bonchev–Trinajstić information content (AvgIpc) is 2.65. The molecule has 0 unspecified atom stereocenters. The summed E-state index contributed by atoms with van der Waals surface area (Å²) < 4.78 is 40.9. The van der Waals surface area contributed by atoms with Crippen molar-refractivity contribution in [3.8, 4) is 0 Å². The molecule has 1 aliphatic heterocycles. The quantitative estimate of drug-likeness (QED) is 0.785.